The highest BCUT2D eigenvalue weighted by Crippen LogP contribution is 2.57. The number of piperidine rings is 1. The Hall–Kier alpha value is -1.84. The molecule has 0 amide bonds. The van der Waals surface area contributed by atoms with Crippen LogP contribution in [0.25, 0.3) is 0 Å². The molecule has 0 spiro atoms. The van der Waals surface area contributed by atoms with Crippen LogP contribution in [0.3, 0.4) is 0 Å². The van der Waals surface area contributed by atoms with Gasteiger partial charge in [0.2, 0.25) is 5.72 Å². The number of oxime groups is 1. The standard InChI is InChI=1S/C22H23ClN2O/c1-15-18-7-3-4-8-19(18)22(25-13-5-2-6-14-25)20(15)21(24-26-22)16-9-11-17(23)12-10-16/h3-4,7-12,15,20H,2,5-6,13-14H2,1H3/t15-,20-,22-/m0/s1. The van der Waals surface area contributed by atoms with Gasteiger partial charge in [0.15, 0.2) is 0 Å². The monoisotopic (exact) mass is 366 g/mol. The number of halogens is 1. The molecule has 2 aromatic carbocycles. The lowest BCUT2D eigenvalue weighted by atomic mass is 9.82. The summed E-state index contributed by atoms with van der Waals surface area (Å²) in [7, 11) is 0. The summed E-state index contributed by atoms with van der Waals surface area (Å²) in [6, 6.07) is 16.8. The Kier molecular flexibility index (Phi) is 3.84. The highest BCUT2D eigenvalue weighted by atomic mass is 35.5. The number of hydrogen-bond donors (Lipinski definition) is 0. The van der Waals surface area contributed by atoms with E-state index < -0.39 is 5.72 Å². The molecule has 0 radical (unpaired) electrons. The van der Waals surface area contributed by atoms with Crippen molar-refractivity contribution in [1.29, 1.82) is 0 Å². The molecule has 1 fully saturated rings. The maximum atomic E-state index is 6.38. The second-order valence-electron chi connectivity index (χ2n) is 7.67. The molecule has 5 rings (SSSR count). The van der Waals surface area contributed by atoms with Crippen molar-refractivity contribution >= 4 is 17.3 Å². The normalized spacial score (nSPS) is 30.5. The molecule has 134 valence electrons. The topological polar surface area (TPSA) is 24.8 Å². The molecule has 0 unspecified atom stereocenters. The van der Waals surface area contributed by atoms with Gasteiger partial charge in [-0.2, -0.15) is 0 Å². The Balaban J connectivity index is 1.64. The zero-order valence-corrected chi connectivity index (χ0v) is 15.7. The predicted molar refractivity (Wildman–Crippen MR) is 105 cm³/mol. The Morgan fingerprint density at radius 1 is 1.04 bits per heavy atom. The highest BCUT2D eigenvalue weighted by Gasteiger charge is 2.62. The van der Waals surface area contributed by atoms with Crippen LogP contribution in [-0.2, 0) is 10.6 Å². The van der Waals surface area contributed by atoms with Crippen molar-refractivity contribution < 1.29 is 4.84 Å². The minimum absolute atomic E-state index is 0.208. The van der Waals surface area contributed by atoms with Gasteiger partial charge in [0.05, 0.1) is 11.6 Å². The molecule has 1 aliphatic carbocycles. The lowest BCUT2D eigenvalue weighted by Gasteiger charge is -2.42. The van der Waals surface area contributed by atoms with E-state index in [0.717, 1.165) is 29.4 Å². The zero-order valence-electron chi connectivity index (χ0n) is 15.0. The van der Waals surface area contributed by atoms with E-state index >= 15 is 0 Å². The Morgan fingerprint density at radius 3 is 2.54 bits per heavy atom. The number of likely N-dealkylation sites (tertiary alicyclic amines) is 1. The van der Waals surface area contributed by atoms with Gasteiger partial charge in [-0.3, -0.25) is 4.90 Å². The average molecular weight is 367 g/mol. The van der Waals surface area contributed by atoms with E-state index in [9.17, 15) is 0 Å². The van der Waals surface area contributed by atoms with Gasteiger partial charge < -0.3 is 4.84 Å². The number of rotatable bonds is 2. The van der Waals surface area contributed by atoms with Crippen LogP contribution in [0.15, 0.2) is 53.7 Å². The molecule has 3 nitrogen and oxygen atoms in total. The van der Waals surface area contributed by atoms with Crippen LogP contribution in [0.4, 0.5) is 0 Å². The lowest BCUT2D eigenvalue weighted by molar-refractivity contribution is -0.170. The van der Waals surface area contributed by atoms with Crippen molar-refractivity contribution in [2.24, 2.45) is 11.1 Å². The summed E-state index contributed by atoms with van der Waals surface area (Å²) >= 11 is 6.10. The van der Waals surface area contributed by atoms with Gasteiger partial charge in [0.1, 0.15) is 0 Å². The SMILES string of the molecule is C[C@H]1c2ccccc2[C@]2(N3CCCCC3)ON=C(c3ccc(Cl)cc3)[C@H]12. The number of fused-ring (bicyclic) bond motifs is 3. The van der Waals surface area contributed by atoms with Gasteiger partial charge >= 0.3 is 0 Å². The van der Waals surface area contributed by atoms with Crippen LogP contribution >= 0.6 is 11.6 Å². The molecule has 0 saturated carbocycles. The first-order valence-electron chi connectivity index (χ1n) is 9.58. The summed E-state index contributed by atoms with van der Waals surface area (Å²) < 4.78 is 0. The summed E-state index contributed by atoms with van der Waals surface area (Å²) in [5.41, 5.74) is 4.40. The van der Waals surface area contributed by atoms with Gasteiger partial charge in [-0.15, -0.1) is 0 Å². The van der Waals surface area contributed by atoms with Crippen LogP contribution in [-0.4, -0.2) is 23.7 Å². The van der Waals surface area contributed by atoms with E-state index in [2.05, 4.69) is 53.4 Å². The first kappa shape index (κ1) is 16.3. The van der Waals surface area contributed by atoms with Crippen LogP contribution in [0.5, 0.6) is 0 Å². The van der Waals surface area contributed by atoms with Crippen molar-refractivity contribution in [1.82, 2.24) is 4.90 Å². The molecule has 0 N–H and O–H groups in total. The van der Waals surface area contributed by atoms with Crippen molar-refractivity contribution in [3.63, 3.8) is 0 Å². The fourth-order valence-electron chi connectivity index (χ4n) is 5.11. The predicted octanol–water partition coefficient (Wildman–Crippen LogP) is 5.15. The molecule has 2 aromatic rings. The second-order valence-corrected chi connectivity index (χ2v) is 8.11. The molecule has 3 aliphatic rings. The fourth-order valence-corrected chi connectivity index (χ4v) is 5.24. The molecule has 3 atom stereocenters. The number of nitrogens with zero attached hydrogens (tertiary/aromatic N) is 2. The van der Waals surface area contributed by atoms with Gasteiger partial charge in [0, 0.05) is 23.7 Å². The third-order valence-corrected chi connectivity index (χ3v) is 6.55. The number of hydrogen-bond acceptors (Lipinski definition) is 3. The minimum Gasteiger partial charge on any atom is -0.367 e. The lowest BCUT2D eigenvalue weighted by Crippen LogP contribution is -2.52. The van der Waals surface area contributed by atoms with Crippen molar-refractivity contribution in [2.45, 2.75) is 37.8 Å². The third-order valence-electron chi connectivity index (χ3n) is 6.30. The van der Waals surface area contributed by atoms with E-state index in [1.54, 1.807) is 0 Å². The van der Waals surface area contributed by atoms with E-state index in [4.69, 9.17) is 16.4 Å². The Labute approximate surface area is 159 Å². The largest absolute Gasteiger partial charge is 0.367 e. The maximum absolute atomic E-state index is 6.38. The van der Waals surface area contributed by atoms with E-state index in [0.29, 0.717) is 5.92 Å². The molecule has 1 saturated heterocycles. The Morgan fingerprint density at radius 2 is 1.77 bits per heavy atom. The van der Waals surface area contributed by atoms with Gasteiger partial charge in [0.25, 0.3) is 0 Å². The van der Waals surface area contributed by atoms with E-state index in [1.807, 2.05) is 12.1 Å². The average Bonchev–Trinajstić information content (AvgIpc) is 3.20. The highest BCUT2D eigenvalue weighted by molar-refractivity contribution is 6.30. The van der Waals surface area contributed by atoms with Gasteiger partial charge in [-0.05, 0) is 42.0 Å². The number of benzene rings is 2. The summed E-state index contributed by atoms with van der Waals surface area (Å²) in [6.45, 7) is 4.46. The van der Waals surface area contributed by atoms with Crippen molar-refractivity contribution in [2.75, 3.05) is 13.1 Å². The summed E-state index contributed by atoms with van der Waals surface area (Å²) in [4.78, 5) is 8.92. The quantitative estimate of drug-likeness (QED) is 0.734. The van der Waals surface area contributed by atoms with Crippen LogP contribution in [0.1, 0.15) is 48.8 Å². The maximum Gasteiger partial charge on any atom is 0.226 e. The van der Waals surface area contributed by atoms with Gasteiger partial charge in [-0.25, -0.2) is 0 Å². The first-order chi connectivity index (χ1) is 12.7. The molecule has 2 aliphatic heterocycles. The molecule has 0 bridgehead atoms. The first-order valence-corrected chi connectivity index (χ1v) is 9.96. The fraction of sp³-hybridized carbons (Fsp3) is 0.409. The van der Waals surface area contributed by atoms with Gasteiger partial charge in [-0.1, -0.05) is 66.5 Å². The van der Waals surface area contributed by atoms with E-state index in [1.165, 1.54) is 30.4 Å². The van der Waals surface area contributed by atoms with Crippen LogP contribution in [0, 0.1) is 5.92 Å². The molecule has 4 heteroatoms. The molecule has 0 aromatic heterocycles. The van der Waals surface area contributed by atoms with Crippen molar-refractivity contribution in [3.8, 4) is 0 Å². The smallest absolute Gasteiger partial charge is 0.226 e. The summed E-state index contributed by atoms with van der Waals surface area (Å²) in [6.07, 6.45) is 3.76. The second kappa shape index (κ2) is 6.11. The summed E-state index contributed by atoms with van der Waals surface area (Å²) in [5, 5.41) is 5.40. The molecule has 2 heterocycles. The van der Waals surface area contributed by atoms with Crippen LogP contribution in [0.2, 0.25) is 5.02 Å². The molecule has 26 heavy (non-hydrogen) atoms. The summed E-state index contributed by atoms with van der Waals surface area (Å²) in [5.74, 6) is 0.573. The molecular weight excluding hydrogens is 344 g/mol. The zero-order chi connectivity index (χ0) is 17.7. The van der Waals surface area contributed by atoms with Crippen molar-refractivity contribution in [3.05, 3.63) is 70.2 Å². The van der Waals surface area contributed by atoms with E-state index in [-0.39, 0.29) is 5.92 Å². The third kappa shape index (κ3) is 2.20. The van der Waals surface area contributed by atoms with Crippen LogP contribution < -0.4 is 0 Å². The molecular formula is C22H23ClN2O. The Bertz CT molecular complexity index is 857. The minimum atomic E-state index is -0.453.